The molecule has 3 aromatic rings. The van der Waals surface area contributed by atoms with Gasteiger partial charge in [0.2, 0.25) is 0 Å². The van der Waals surface area contributed by atoms with Crippen molar-refractivity contribution >= 4 is 28.0 Å². The van der Waals surface area contributed by atoms with E-state index in [-0.39, 0.29) is 5.82 Å². The van der Waals surface area contributed by atoms with E-state index in [1.807, 2.05) is 12.1 Å². The molecule has 3 N–H and O–H groups in total. The first-order chi connectivity index (χ1) is 9.25. The third kappa shape index (κ3) is 2.08. The standard InChI is InChI=1S/C15H12FN3/c16-11-5-1-2-6-13(11)19-14-8-7-12(17)10-4-3-9-18-15(10)14/h1-9,19H,17H2. The van der Waals surface area contributed by atoms with Crippen LogP contribution in [0.15, 0.2) is 54.7 Å². The summed E-state index contributed by atoms with van der Waals surface area (Å²) < 4.78 is 13.6. The highest BCUT2D eigenvalue weighted by molar-refractivity contribution is 5.99. The number of fused-ring (bicyclic) bond motifs is 1. The molecule has 0 amide bonds. The van der Waals surface area contributed by atoms with Crippen molar-refractivity contribution in [3.8, 4) is 0 Å². The van der Waals surface area contributed by atoms with E-state index < -0.39 is 0 Å². The van der Waals surface area contributed by atoms with Crippen LogP contribution in [-0.4, -0.2) is 4.98 Å². The van der Waals surface area contributed by atoms with Crippen LogP contribution in [0.5, 0.6) is 0 Å². The number of aromatic nitrogens is 1. The molecule has 0 aliphatic carbocycles. The van der Waals surface area contributed by atoms with Crippen LogP contribution in [0.3, 0.4) is 0 Å². The van der Waals surface area contributed by atoms with Gasteiger partial charge in [-0.05, 0) is 36.4 Å². The molecule has 0 fully saturated rings. The third-order valence-electron chi connectivity index (χ3n) is 2.95. The first kappa shape index (κ1) is 11.5. The number of nitrogens with two attached hydrogens (primary N) is 1. The van der Waals surface area contributed by atoms with Gasteiger partial charge in [-0.15, -0.1) is 0 Å². The molecule has 94 valence electrons. The summed E-state index contributed by atoms with van der Waals surface area (Å²) in [6.07, 6.45) is 1.69. The second-order valence-corrected chi connectivity index (χ2v) is 4.21. The molecule has 0 saturated heterocycles. The average Bonchev–Trinajstić information content (AvgIpc) is 2.44. The number of hydrogen-bond donors (Lipinski definition) is 2. The van der Waals surface area contributed by atoms with Crippen molar-refractivity contribution in [2.45, 2.75) is 0 Å². The number of nitrogen functional groups attached to an aromatic ring is 1. The van der Waals surface area contributed by atoms with E-state index in [4.69, 9.17) is 5.73 Å². The van der Waals surface area contributed by atoms with Crippen LogP contribution in [0, 0.1) is 5.82 Å². The molecule has 2 aromatic carbocycles. The molecule has 0 atom stereocenters. The molecule has 0 bridgehead atoms. The Hall–Kier alpha value is -2.62. The molecule has 4 heteroatoms. The Morgan fingerprint density at radius 3 is 2.63 bits per heavy atom. The largest absolute Gasteiger partial charge is 0.398 e. The maximum atomic E-state index is 13.6. The second kappa shape index (κ2) is 4.57. The molecule has 3 rings (SSSR count). The van der Waals surface area contributed by atoms with Gasteiger partial charge in [0.15, 0.2) is 0 Å². The van der Waals surface area contributed by atoms with Gasteiger partial charge in [0, 0.05) is 17.3 Å². The van der Waals surface area contributed by atoms with E-state index in [0.717, 1.165) is 16.6 Å². The van der Waals surface area contributed by atoms with E-state index in [9.17, 15) is 4.39 Å². The molecular weight excluding hydrogens is 241 g/mol. The fraction of sp³-hybridized carbons (Fsp3) is 0. The minimum atomic E-state index is -0.302. The maximum Gasteiger partial charge on any atom is 0.146 e. The number of rotatable bonds is 2. The Morgan fingerprint density at radius 1 is 0.947 bits per heavy atom. The zero-order valence-electron chi connectivity index (χ0n) is 10.1. The number of nitrogens with zero attached hydrogens (tertiary/aromatic N) is 1. The lowest BCUT2D eigenvalue weighted by Gasteiger charge is -2.11. The topological polar surface area (TPSA) is 50.9 Å². The van der Waals surface area contributed by atoms with Crippen molar-refractivity contribution in [1.82, 2.24) is 4.98 Å². The Bertz CT molecular complexity index is 740. The van der Waals surface area contributed by atoms with Crippen LogP contribution >= 0.6 is 0 Å². The number of benzene rings is 2. The molecule has 1 aromatic heterocycles. The number of halogens is 1. The second-order valence-electron chi connectivity index (χ2n) is 4.21. The lowest BCUT2D eigenvalue weighted by molar-refractivity contribution is 0.632. The highest BCUT2D eigenvalue weighted by Gasteiger charge is 2.07. The van der Waals surface area contributed by atoms with Crippen LogP contribution in [0.1, 0.15) is 0 Å². The van der Waals surface area contributed by atoms with Crippen LogP contribution in [0.25, 0.3) is 10.9 Å². The summed E-state index contributed by atoms with van der Waals surface area (Å²) in [5.41, 5.74) is 8.44. The molecule has 0 spiro atoms. The number of anilines is 3. The number of nitrogens with one attached hydrogen (secondary N) is 1. The third-order valence-corrected chi connectivity index (χ3v) is 2.95. The predicted molar refractivity (Wildman–Crippen MR) is 75.8 cm³/mol. The average molecular weight is 253 g/mol. The molecular formula is C15H12FN3. The molecule has 19 heavy (non-hydrogen) atoms. The number of hydrogen-bond acceptors (Lipinski definition) is 3. The molecule has 0 aliphatic rings. The quantitative estimate of drug-likeness (QED) is 0.685. The number of pyridine rings is 1. The van der Waals surface area contributed by atoms with Gasteiger partial charge in [-0.1, -0.05) is 12.1 Å². The van der Waals surface area contributed by atoms with Crippen molar-refractivity contribution in [2.24, 2.45) is 0 Å². The van der Waals surface area contributed by atoms with Gasteiger partial charge in [0.25, 0.3) is 0 Å². The van der Waals surface area contributed by atoms with Gasteiger partial charge >= 0.3 is 0 Å². The molecule has 3 nitrogen and oxygen atoms in total. The lowest BCUT2D eigenvalue weighted by atomic mass is 10.1. The minimum Gasteiger partial charge on any atom is -0.398 e. The van der Waals surface area contributed by atoms with Crippen molar-refractivity contribution in [2.75, 3.05) is 11.1 Å². The molecule has 1 heterocycles. The van der Waals surface area contributed by atoms with Crippen molar-refractivity contribution in [3.63, 3.8) is 0 Å². The van der Waals surface area contributed by atoms with Crippen molar-refractivity contribution in [1.29, 1.82) is 0 Å². The summed E-state index contributed by atoms with van der Waals surface area (Å²) in [6, 6.07) is 13.8. The SMILES string of the molecule is Nc1ccc(Nc2ccccc2F)c2ncccc12. The van der Waals surface area contributed by atoms with Gasteiger partial charge in [0.05, 0.1) is 16.9 Å². The van der Waals surface area contributed by atoms with Gasteiger partial charge in [-0.25, -0.2) is 4.39 Å². The fourth-order valence-corrected chi connectivity index (χ4v) is 2.00. The maximum absolute atomic E-state index is 13.6. The monoisotopic (exact) mass is 253 g/mol. The van der Waals surface area contributed by atoms with Crippen molar-refractivity contribution in [3.05, 3.63) is 60.5 Å². The van der Waals surface area contributed by atoms with Crippen LogP contribution in [0.4, 0.5) is 21.5 Å². The summed E-state index contributed by atoms with van der Waals surface area (Å²) in [5.74, 6) is -0.302. The Kier molecular flexibility index (Phi) is 2.76. The normalized spacial score (nSPS) is 10.6. The summed E-state index contributed by atoms with van der Waals surface area (Å²) in [6.45, 7) is 0. The highest BCUT2D eigenvalue weighted by Crippen LogP contribution is 2.29. The smallest absolute Gasteiger partial charge is 0.146 e. The van der Waals surface area contributed by atoms with Gasteiger partial charge in [-0.3, -0.25) is 4.98 Å². The fourth-order valence-electron chi connectivity index (χ4n) is 2.00. The van der Waals surface area contributed by atoms with Gasteiger partial charge < -0.3 is 11.1 Å². The van der Waals surface area contributed by atoms with Gasteiger partial charge in [-0.2, -0.15) is 0 Å². The molecule has 0 saturated carbocycles. The van der Waals surface area contributed by atoms with E-state index in [1.165, 1.54) is 6.07 Å². The minimum absolute atomic E-state index is 0.302. The van der Waals surface area contributed by atoms with Crippen molar-refractivity contribution < 1.29 is 4.39 Å². The molecule has 0 unspecified atom stereocenters. The first-order valence-electron chi connectivity index (χ1n) is 5.90. The van der Waals surface area contributed by atoms with Crippen LogP contribution in [-0.2, 0) is 0 Å². The Labute approximate surface area is 109 Å². The van der Waals surface area contributed by atoms with E-state index in [1.54, 1.807) is 36.5 Å². The Balaban J connectivity index is 2.12. The Morgan fingerprint density at radius 2 is 1.79 bits per heavy atom. The number of para-hydroxylation sites is 1. The lowest BCUT2D eigenvalue weighted by Crippen LogP contribution is -1.97. The summed E-state index contributed by atoms with van der Waals surface area (Å²) in [4.78, 5) is 4.30. The zero-order valence-corrected chi connectivity index (χ0v) is 10.1. The summed E-state index contributed by atoms with van der Waals surface area (Å²) in [7, 11) is 0. The molecule has 0 radical (unpaired) electrons. The predicted octanol–water partition coefficient (Wildman–Crippen LogP) is 3.70. The zero-order chi connectivity index (χ0) is 13.2. The first-order valence-corrected chi connectivity index (χ1v) is 5.90. The van der Waals surface area contributed by atoms with E-state index in [2.05, 4.69) is 10.3 Å². The van der Waals surface area contributed by atoms with Crippen LogP contribution < -0.4 is 11.1 Å². The van der Waals surface area contributed by atoms with Crippen LogP contribution in [0.2, 0.25) is 0 Å². The summed E-state index contributed by atoms with van der Waals surface area (Å²) >= 11 is 0. The van der Waals surface area contributed by atoms with Gasteiger partial charge in [0.1, 0.15) is 5.82 Å². The molecule has 0 aliphatic heterocycles. The highest BCUT2D eigenvalue weighted by atomic mass is 19.1. The van der Waals surface area contributed by atoms with E-state index >= 15 is 0 Å². The summed E-state index contributed by atoms with van der Waals surface area (Å²) in [5, 5.41) is 3.90. The van der Waals surface area contributed by atoms with E-state index in [0.29, 0.717) is 11.4 Å².